The zero-order valence-corrected chi connectivity index (χ0v) is 10.8. The molecule has 0 aromatic carbocycles. The maximum absolute atomic E-state index is 5.53. The molecule has 0 N–H and O–H groups in total. The molecule has 0 unspecified atom stereocenters. The largest absolute Gasteiger partial charge is 0.481 e. The Morgan fingerprint density at radius 3 is 2.47 bits per heavy atom. The summed E-state index contributed by atoms with van der Waals surface area (Å²) in [6, 6.07) is 2.82. The lowest BCUT2D eigenvalue weighted by atomic mass is 10.6. The van der Waals surface area contributed by atoms with Gasteiger partial charge in [0.1, 0.15) is 6.33 Å². The van der Waals surface area contributed by atoms with E-state index in [-0.39, 0.29) is 0 Å². The fourth-order valence-electron chi connectivity index (χ4n) is 0.975. The van der Waals surface area contributed by atoms with Crippen LogP contribution in [0.15, 0.2) is 12.4 Å². The van der Waals surface area contributed by atoms with E-state index in [0.717, 1.165) is 12.7 Å². The van der Waals surface area contributed by atoms with Gasteiger partial charge >= 0.3 is 0 Å². The Bertz CT molecular complexity index is 313. The molecule has 0 radical (unpaired) electrons. The van der Waals surface area contributed by atoms with E-state index in [0.29, 0.717) is 11.8 Å². The van der Waals surface area contributed by atoms with Gasteiger partial charge in [-0.3, -0.25) is 0 Å². The molecule has 0 spiro atoms. The molecule has 0 amide bonds. The third-order valence-corrected chi connectivity index (χ3v) is 3.63. The summed E-state index contributed by atoms with van der Waals surface area (Å²) < 4.78 is 10.5. The highest BCUT2D eigenvalue weighted by atomic mass is 28.3. The highest BCUT2D eigenvalue weighted by Crippen LogP contribution is 2.14. The minimum atomic E-state index is -1.03. The molecule has 1 heterocycles. The number of methoxy groups -OCH3 is 1. The molecule has 84 valence electrons. The van der Waals surface area contributed by atoms with Crippen molar-refractivity contribution in [3.63, 3.8) is 0 Å². The maximum atomic E-state index is 5.53. The van der Waals surface area contributed by atoms with Crippen molar-refractivity contribution in [2.45, 2.75) is 25.7 Å². The zero-order valence-electron chi connectivity index (χ0n) is 9.78. The Morgan fingerprint density at radius 1 is 1.20 bits per heavy atom. The van der Waals surface area contributed by atoms with E-state index in [4.69, 9.17) is 9.47 Å². The van der Waals surface area contributed by atoms with Crippen molar-refractivity contribution in [2.24, 2.45) is 0 Å². The van der Waals surface area contributed by atoms with E-state index in [9.17, 15) is 0 Å². The molecule has 0 saturated carbocycles. The number of nitrogens with zero attached hydrogens (tertiary/aromatic N) is 2. The molecule has 0 aliphatic carbocycles. The molecule has 0 fully saturated rings. The molecular formula is C10H18N2O2Si. The summed E-state index contributed by atoms with van der Waals surface area (Å²) in [4.78, 5) is 7.92. The van der Waals surface area contributed by atoms with Gasteiger partial charge in [0, 0.05) is 8.07 Å². The lowest BCUT2D eigenvalue weighted by Crippen LogP contribution is -2.22. The highest BCUT2D eigenvalue weighted by Gasteiger charge is 2.12. The predicted octanol–water partition coefficient (Wildman–Crippen LogP) is 2.20. The molecule has 0 bridgehead atoms. The maximum Gasteiger partial charge on any atom is 0.220 e. The van der Waals surface area contributed by atoms with Crippen LogP contribution in [0.5, 0.6) is 11.8 Å². The summed E-state index contributed by atoms with van der Waals surface area (Å²) in [5.74, 6) is 1.12. The SMILES string of the molecule is COc1cc(OCC[Si](C)(C)C)ncn1. The first-order valence-corrected chi connectivity index (χ1v) is 8.71. The number of aromatic nitrogens is 2. The van der Waals surface area contributed by atoms with Crippen LogP contribution in [-0.2, 0) is 0 Å². The Labute approximate surface area is 91.7 Å². The lowest BCUT2D eigenvalue weighted by Gasteiger charge is -2.15. The second-order valence-electron chi connectivity index (χ2n) is 4.56. The number of hydrogen-bond donors (Lipinski definition) is 0. The third kappa shape index (κ3) is 4.78. The van der Waals surface area contributed by atoms with Crippen molar-refractivity contribution >= 4 is 8.07 Å². The van der Waals surface area contributed by atoms with E-state index in [1.54, 1.807) is 13.2 Å². The molecule has 1 aromatic rings. The molecule has 0 aliphatic heterocycles. The van der Waals surface area contributed by atoms with Crippen molar-refractivity contribution < 1.29 is 9.47 Å². The van der Waals surface area contributed by atoms with Crippen molar-refractivity contribution in [1.29, 1.82) is 0 Å². The van der Waals surface area contributed by atoms with Crippen LogP contribution in [-0.4, -0.2) is 31.8 Å². The van der Waals surface area contributed by atoms with Crippen LogP contribution in [0, 0.1) is 0 Å². The van der Waals surface area contributed by atoms with E-state index < -0.39 is 8.07 Å². The van der Waals surface area contributed by atoms with Crippen molar-refractivity contribution in [3.05, 3.63) is 12.4 Å². The molecule has 0 atom stereocenters. The van der Waals surface area contributed by atoms with Crippen LogP contribution in [0.25, 0.3) is 0 Å². The van der Waals surface area contributed by atoms with Gasteiger partial charge in [0.05, 0.1) is 19.8 Å². The van der Waals surface area contributed by atoms with Gasteiger partial charge in [0.15, 0.2) is 0 Å². The second kappa shape index (κ2) is 5.11. The van der Waals surface area contributed by atoms with Gasteiger partial charge in [-0.05, 0) is 6.04 Å². The summed E-state index contributed by atoms with van der Waals surface area (Å²) in [5.41, 5.74) is 0. The van der Waals surface area contributed by atoms with E-state index >= 15 is 0 Å². The van der Waals surface area contributed by atoms with Gasteiger partial charge in [-0.2, -0.15) is 0 Å². The van der Waals surface area contributed by atoms with Crippen molar-refractivity contribution in [1.82, 2.24) is 9.97 Å². The molecule has 1 rings (SSSR count). The number of hydrogen-bond acceptors (Lipinski definition) is 4. The predicted molar refractivity (Wildman–Crippen MR) is 62.2 cm³/mol. The van der Waals surface area contributed by atoms with Gasteiger partial charge < -0.3 is 9.47 Å². The normalized spacial score (nSPS) is 11.2. The first-order chi connectivity index (χ1) is 7.01. The Morgan fingerprint density at radius 2 is 1.87 bits per heavy atom. The van der Waals surface area contributed by atoms with Gasteiger partial charge in [0.25, 0.3) is 0 Å². The summed E-state index contributed by atoms with van der Waals surface area (Å²) in [6.07, 6.45) is 1.45. The summed E-state index contributed by atoms with van der Waals surface area (Å²) in [5, 5.41) is 0. The summed E-state index contributed by atoms with van der Waals surface area (Å²) in [6.45, 7) is 7.67. The van der Waals surface area contributed by atoms with Crippen molar-refractivity contribution in [2.75, 3.05) is 13.7 Å². The van der Waals surface area contributed by atoms with E-state index in [1.165, 1.54) is 6.33 Å². The van der Waals surface area contributed by atoms with Crippen LogP contribution in [0.1, 0.15) is 0 Å². The summed E-state index contributed by atoms with van der Waals surface area (Å²) >= 11 is 0. The molecule has 1 aromatic heterocycles. The fourth-order valence-corrected chi connectivity index (χ4v) is 1.69. The fraction of sp³-hybridized carbons (Fsp3) is 0.600. The zero-order chi connectivity index (χ0) is 11.3. The number of rotatable bonds is 5. The standard InChI is InChI=1S/C10H18N2O2Si/c1-13-9-7-10(12-8-11-9)14-5-6-15(2,3)4/h7-8H,5-6H2,1-4H3. The molecule has 15 heavy (non-hydrogen) atoms. The average Bonchev–Trinajstić information content (AvgIpc) is 2.16. The smallest absolute Gasteiger partial charge is 0.220 e. The quantitative estimate of drug-likeness (QED) is 0.722. The highest BCUT2D eigenvalue weighted by molar-refractivity contribution is 6.76. The van der Waals surface area contributed by atoms with E-state index in [1.807, 2.05) is 0 Å². The minimum Gasteiger partial charge on any atom is -0.481 e. The molecule has 0 saturated heterocycles. The van der Waals surface area contributed by atoms with Crippen molar-refractivity contribution in [3.8, 4) is 11.8 Å². The topological polar surface area (TPSA) is 44.2 Å². The van der Waals surface area contributed by atoms with Crippen LogP contribution < -0.4 is 9.47 Å². The molecular weight excluding hydrogens is 208 g/mol. The number of ether oxygens (including phenoxy) is 2. The first-order valence-electron chi connectivity index (χ1n) is 5.00. The van der Waals surface area contributed by atoms with Crippen LogP contribution >= 0.6 is 0 Å². The second-order valence-corrected chi connectivity index (χ2v) is 10.2. The first kappa shape index (κ1) is 12.0. The van der Waals surface area contributed by atoms with Gasteiger partial charge in [0.2, 0.25) is 11.8 Å². The van der Waals surface area contributed by atoms with Crippen LogP contribution in [0.2, 0.25) is 25.7 Å². The molecule has 0 aliphatic rings. The third-order valence-electron chi connectivity index (χ3n) is 1.93. The molecule has 4 nitrogen and oxygen atoms in total. The molecule has 5 heteroatoms. The monoisotopic (exact) mass is 226 g/mol. The van der Waals surface area contributed by atoms with Gasteiger partial charge in [-0.25, -0.2) is 9.97 Å². The van der Waals surface area contributed by atoms with Crippen LogP contribution in [0.4, 0.5) is 0 Å². The summed E-state index contributed by atoms with van der Waals surface area (Å²) in [7, 11) is 0.545. The van der Waals surface area contributed by atoms with Gasteiger partial charge in [-0.15, -0.1) is 0 Å². The Balaban J connectivity index is 2.44. The Kier molecular flexibility index (Phi) is 4.08. The van der Waals surface area contributed by atoms with Gasteiger partial charge in [-0.1, -0.05) is 19.6 Å². The lowest BCUT2D eigenvalue weighted by molar-refractivity contribution is 0.318. The minimum absolute atomic E-state index is 0.535. The Hall–Kier alpha value is -1.10. The van der Waals surface area contributed by atoms with Crippen LogP contribution in [0.3, 0.4) is 0 Å². The van der Waals surface area contributed by atoms with E-state index in [2.05, 4.69) is 29.6 Å². The average molecular weight is 226 g/mol.